The van der Waals surface area contributed by atoms with Gasteiger partial charge in [-0.05, 0) is 24.8 Å². The van der Waals surface area contributed by atoms with Crippen molar-refractivity contribution in [1.29, 1.82) is 0 Å². The molecular weight excluding hydrogens is 264 g/mol. The van der Waals surface area contributed by atoms with Gasteiger partial charge in [-0.15, -0.1) is 0 Å². The van der Waals surface area contributed by atoms with Crippen LogP contribution in [0.1, 0.15) is 23.1 Å². The summed E-state index contributed by atoms with van der Waals surface area (Å²) < 4.78 is 1.30. The van der Waals surface area contributed by atoms with Crippen LogP contribution >= 0.6 is 0 Å². The number of nitro groups is 1. The summed E-state index contributed by atoms with van der Waals surface area (Å²) in [7, 11) is 0. The lowest BCUT2D eigenvalue weighted by atomic mass is 10.2. The third kappa shape index (κ3) is 3.13. The fraction of sp³-hybridized carbons (Fsp3) is 0.273. The molecule has 0 spiro atoms. The molecule has 1 heterocycles. The molecule has 0 bridgehead atoms. The Bertz CT molecular complexity index is 587. The van der Waals surface area contributed by atoms with Gasteiger partial charge >= 0.3 is 5.69 Å². The van der Waals surface area contributed by atoms with Crippen LogP contribution < -0.4 is 17.2 Å². The second-order valence-corrected chi connectivity index (χ2v) is 3.90. The van der Waals surface area contributed by atoms with Crippen molar-refractivity contribution in [1.82, 2.24) is 9.78 Å². The third-order valence-corrected chi connectivity index (χ3v) is 2.53. The zero-order valence-electron chi connectivity index (χ0n) is 10.9. The Balaban J connectivity index is 3.30. The van der Waals surface area contributed by atoms with Crippen LogP contribution in [0.4, 0.5) is 5.69 Å². The standard InChI is InChI=1S/C11H16N6O3/c1-2-8-10(17(19)20)9(11(14)18)15-16(8)6-7(13)4-3-5-12/h3-5H,2,6,12-13H2,1H3,(H2,14,18)/b5-3-,7-4-. The molecule has 0 aliphatic rings. The van der Waals surface area contributed by atoms with Crippen molar-refractivity contribution in [3.05, 3.63) is 45.6 Å². The van der Waals surface area contributed by atoms with Crippen LogP contribution in [0.2, 0.25) is 0 Å². The molecule has 0 radical (unpaired) electrons. The largest absolute Gasteiger partial charge is 0.405 e. The molecule has 1 rings (SSSR count). The molecule has 0 atom stereocenters. The van der Waals surface area contributed by atoms with Crippen LogP contribution in [0.15, 0.2) is 24.0 Å². The van der Waals surface area contributed by atoms with Crippen LogP contribution in [-0.2, 0) is 13.0 Å². The average molecular weight is 280 g/mol. The van der Waals surface area contributed by atoms with Crippen molar-refractivity contribution < 1.29 is 9.72 Å². The predicted molar refractivity (Wildman–Crippen MR) is 72.4 cm³/mol. The van der Waals surface area contributed by atoms with Gasteiger partial charge in [0.2, 0.25) is 5.69 Å². The second kappa shape index (κ2) is 6.36. The van der Waals surface area contributed by atoms with Gasteiger partial charge in [0.25, 0.3) is 5.91 Å². The lowest BCUT2D eigenvalue weighted by Crippen LogP contribution is -2.15. The van der Waals surface area contributed by atoms with Crippen LogP contribution in [0, 0.1) is 10.1 Å². The van der Waals surface area contributed by atoms with E-state index >= 15 is 0 Å². The maximum absolute atomic E-state index is 11.2. The number of nitrogens with two attached hydrogens (primary N) is 3. The molecule has 9 nitrogen and oxygen atoms in total. The number of aromatic nitrogens is 2. The summed E-state index contributed by atoms with van der Waals surface area (Å²) in [6.07, 6.45) is 4.68. The maximum Gasteiger partial charge on any atom is 0.323 e. The first-order chi connectivity index (χ1) is 9.42. The SMILES string of the molecule is CCc1c([N+](=O)[O-])c(C(N)=O)nn1C/C(N)=C/C=C\N. The van der Waals surface area contributed by atoms with Crippen LogP contribution in [-0.4, -0.2) is 20.6 Å². The van der Waals surface area contributed by atoms with Gasteiger partial charge in [0, 0.05) is 5.70 Å². The van der Waals surface area contributed by atoms with E-state index in [0.29, 0.717) is 12.1 Å². The van der Waals surface area contributed by atoms with E-state index in [1.54, 1.807) is 6.92 Å². The van der Waals surface area contributed by atoms with E-state index in [1.807, 2.05) is 0 Å². The molecule has 0 aromatic carbocycles. The third-order valence-electron chi connectivity index (χ3n) is 2.53. The van der Waals surface area contributed by atoms with Crippen molar-refractivity contribution in [3.63, 3.8) is 0 Å². The summed E-state index contributed by atoms with van der Waals surface area (Å²) in [5.74, 6) is -0.949. The molecule has 0 saturated carbocycles. The number of rotatable bonds is 6. The first-order valence-electron chi connectivity index (χ1n) is 5.79. The first kappa shape index (κ1) is 15.2. The lowest BCUT2D eigenvalue weighted by Gasteiger charge is -2.04. The van der Waals surface area contributed by atoms with E-state index in [1.165, 1.54) is 23.0 Å². The van der Waals surface area contributed by atoms with Gasteiger partial charge in [-0.25, -0.2) is 0 Å². The molecule has 1 aromatic rings. The molecule has 20 heavy (non-hydrogen) atoms. The van der Waals surface area contributed by atoms with Crippen molar-refractivity contribution in [2.24, 2.45) is 17.2 Å². The van der Waals surface area contributed by atoms with E-state index in [2.05, 4.69) is 5.10 Å². The Labute approximate surface area is 114 Å². The molecule has 108 valence electrons. The lowest BCUT2D eigenvalue weighted by molar-refractivity contribution is -0.385. The molecule has 1 aromatic heterocycles. The Morgan fingerprint density at radius 1 is 1.50 bits per heavy atom. The zero-order chi connectivity index (χ0) is 15.3. The van der Waals surface area contributed by atoms with Crippen molar-refractivity contribution in [2.45, 2.75) is 19.9 Å². The van der Waals surface area contributed by atoms with Gasteiger partial charge in [-0.3, -0.25) is 19.6 Å². The monoisotopic (exact) mass is 280 g/mol. The second-order valence-electron chi connectivity index (χ2n) is 3.90. The van der Waals surface area contributed by atoms with Crippen molar-refractivity contribution in [3.8, 4) is 0 Å². The molecule has 0 fully saturated rings. The number of nitrogens with zero attached hydrogens (tertiary/aromatic N) is 3. The minimum atomic E-state index is -0.949. The van der Waals surface area contributed by atoms with E-state index in [9.17, 15) is 14.9 Å². The maximum atomic E-state index is 11.2. The highest BCUT2D eigenvalue weighted by Gasteiger charge is 2.29. The average Bonchev–Trinajstić information content (AvgIpc) is 2.74. The van der Waals surface area contributed by atoms with Gasteiger partial charge < -0.3 is 17.2 Å². The first-order valence-corrected chi connectivity index (χ1v) is 5.79. The molecule has 6 N–H and O–H groups in total. The van der Waals surface area contributed by atoms with E-state index in [4.69, 9.17) is 17.2 Å². The van der Waals surface area contributed by atoms with Gasteiger partial charge in [0.15, 0.2) is 0 Å². The molecule has 0 unspecified atom stereocenters. The molecule has 0 saturated heterocycles. The van der Waals surface area contributed by atoms with E-state index < -0.39 is 10.8 Å². The van der Waals surface area contributed by atoms with E-state index in [-0.39, 0.29) is 23.6 Å². The highest BCUT2D eigenvalue weighted by atomic mass is 16.6. The Morgan fingerprint density at radius 3 is 2.60 bits per heavy atom. The number of amides is 1. The fourth-order valence-corrected chi connectivity index (χ4v) is 1.73. The minimum absolute atomic E-state index is 0.0988. The Hall–Kier alpha value is -2.84. The van der Waals surface area contributed by atoms with Gasteiger partial charge in [-0.1, -0.05) is 6.92 Å². The summed E-state index contributed by atoms with van der Waals surface area (Å²) in [5, 5.41) is 14.9. The molecule has 1 amide bonds. The molecular formula is C11H16N6O3. The number of carbonyl (C=O) groups excluding carboxylic acids is 1. The van der Waals surface area contributed by atoms with Crippen molar-refractivity contribution in [2.75, 3.05) is 0 Å². The van der Waals surface area contributed by atoms with Gasteiger partial charge in [0.05, 0.1) is 11.5 Å². The fourth-order valence-electron chi connectivity index (χ4n) is 1.73. The van der Waals surface area contributed by atoms with Gasteiger partial charge in [-0.2, -0.15) is 5.10 Å². The smallest absolute Gasteiger partial charge is 0.323 e. The molecule has 0 aliphatic heterocycles. The minimum Gasteiger partial charge on any atom is -0.405 e. The summed E-state index contributed by atoms with van der Waals surface area (Å²) in [5.41, 5.74) is 16.0. The Morgan fingerprint density at radius 2 is 2.15 bits per heavy atom. The molecule has 9 heteroatoms. The number of hydrogen-bond acceptors (Lipinski definition) is 6. The number of hydrogen-bond donors (Lipinski definition) is 3. The van der Waals surface area contributed by atoms with Crippen LogP contribution in [0.5, 0.6) is 0 Å². The normalized spacial score (nSPS) is 11.9. The number of allylic oxidation sites excluding steroid dienone is 3. The van der Waals surface area contributed by atoms with Gasteiger partial charge in [0.1, 0.15) is 5.69 Å². The Kier molecular flexibility index (Phi) is 4.84. The quantitative estimate of drug-likeness (QED) is 0.371. The summed E-state index contributed by atoms with van der Waals surface area (Å²) in [6.45, 7) is 1.81. The van der Waals surface area contributed by atoms with E-state index in [0.717, 1.165) is 0 Å². The summed E-state index contributed by atoms with van der Waals surface area (Å²) in [6, 6.07) is 0. The summed E-state index contributed by atoms with van der Waals surface area (Å²) in [4.78, 5) is 21.6. The van der Waals surface area contributed by atoms with Crippen molar-refractivity contribution >= 4 is 11.6 Å². The predicted octanol–water partition coefficient (Wildman–Crippen LogP) is -0.232. The summed E-state index contributed by atoms with van der Waals surface area (Å²) >= 11 is 0. The topological polar surface area (TPSA) is 156 Å². The van der Waals surface area contributed by atoms with Crippen LogP contribution in [0.25, 0.3) is 0 Å². The molecule has 0 aliphatic carbocycles. The van der Waals surface area contributed by atoms with Crippen LogP contribution in [0.3, 0.4) is 0 Å². The highest BCUT2D eigenvalue weighted by molar-refractivity contribution is 5.95. The zero-order valence-corrected chi connectivity index (χ0v) is 10.9. The highest BCUT2D eigenvalue weighted by Crippen LogP contribution is 2.24. The number of primary amides is 1. The number of carbonyl (C=O) groups is 1.